The van der Waals surface area contributed by atoms with Gasteiger partial charge in [-0.15, -0.1) is 11.3 Å². The van der Waals surface area contributed by atoms with Crippen molar-refractivity contribution in [1.82, 2.24) is 0 Å². The molecular weight excluding hydrogens is 187 g/mol. The largest absolute Gasteiger partial charge is 0.389 e. The lowest BCUT2D eigenvalue weighted by molar-refractivity contribution is 0.201. The Hall–Kier alpha value is -0.930. The highest BCUT2D eigenvalue weighted by Gasteiger charge is 2.08. The third kappa shape index (κ3) is 1.45. The van der Waals surface area contributed by atoms with Gasteiger partial charge in [0.25, 0.3) is 0 Å². The molecule has 0 amide bonds. The molecule has 0 saturated carbocycles. The molecule has 1 aromatic heterocycles. The molecule has 0 aliphatic heterocycles. The predicted octanol–water partition coefficient (Wildman–Crippen LogP) is 3.09. The maximum Gasteiger partial charge on any atom is 0.123 e. The van der Waals surface area contributed by atoms with E-state index in [9.17, 15) is 9.50 Å². The fraction of sp³-hybridized carbons (Fsp3) is 0.200. The number of benzene rings is 1. The van der Waals surface area contributed by atoms with E-state index in [1.807, 2.05) is 5.38 Å². The number of rotatable bonds is 1. The second kappa shape index (κ2) is 3.09. The number of aliphatic hydroxyl groups excluding tert-OH is 1. The van der Waals surface area contributed by atoms with Crippen molar-refractivity contribution < 1.29 is 9.50 Å². The van der Waals surface area contributed by atoms with Crippen LogP contribution in [0.15, 0.2) is 23.6 Å². The number of halogens is 1. The van der Waals surface area contributed by atoms with Gasteiger partial charge in [-0.05, 0) is 36.1 Å². The summed E-state index contributed by atoms with van der Waals surface area (Å²) in [5.74, 6) is -0.257. The minimum Gasteiger partial charge on any atom is -0.389 e. The molecule has 1 unspecified atom stereocenters. The Morgan fingerprint density at radius 2 is 2.23 bits per heavy atom. The van der Waals surface area contributed by atoms with Crippen molar-refractivity contribution in [1.29, 1.82) is 0 Å². The first-order valence-corrected chi connectivity index (χ1v) is 4.91. The van der Waals surface area contributed by atoms with Gasteiger partial charge in [0, 0.05) is 10.1 Å². The molecule has 3 heteroatoms. The van der Waals surface area contributed by atoms with Crippen molar-refractivity contribution in [3.8, 4) is 0 Å². The average molecular weight is 196 g/mol. The van der Waals surface area contributed by atoms with Crippen LogP contribution in [0.25, 0.3) is 10.1 Å². The molecule has 2 aromatic rings. The summed E-state index contributed by atoms with van der Waals surface area (Å²) in [5.41, 5.74) is 0.805. The Labute approximate surface area is 79.4 Å². The van der Waals surface area contributed by atoms with Gasteiger partial charge in [-0.1, -0.05) is 0 Å². The van der Waals surface area contributed by atoms with Crippen LogP contribution in [-0.4, -0.2) is 5.11 Å². The molecule has 1 atom stereocenters. The van der Waals surface area contributed by atoms with Gasteiger partial charge in [-0.25, -0.2) is 4.39 Å². The Morgan fingerprint density at radius 1 is 1.46 bits per heavy atom. The predicted molar refractivity (Wildman–Crippen MR) is 52.4 cm³/mol. The summed E-state index contributed by atoms with van der Waals surface area (Å²) in [5, 5.41) is 12.1. The van der Waals surface area contributed by atoms with Crippen molar-refractivity contribution >= 4 is 21.4 Å². The Morgan fingerprint density at radius 3 is 2.92 bits per heavy atom. The topological polar surface area (TPSA) is 20.2 Å². The summed E-state index contributed by atoms with van der Waals surface area (Å²) in [4.78, 5) is 0. The second-order valence-corrected chi connectivity index (χ2v) is 3.92. The second-order valence-electron chi connectivity index (χ2n) is 3.01. The van der Waals surface area contributed by atoms with Gasteiger partial charge in [0.05, 0.1) is 6.10 Å². The highest BCUT2D eigenvalue weighted by atomic mass is 32.1. The van der Waals surface area contributed by atoms with Crippen molar-refractivity contribution in [3.63, 3.8) is 0 Å². The minimum absolute atomic E-state index is 0.257. The lowest BCUT2D eigenvalue weighted by atomic mass is 10.1. The molecule has 68 valence electrons. The highest BCUT2D eigenvalue weighted by Crippen LogP contribution is 2.30. The van der Waals surface area contributed by atoms with Crippen LogP contribution in [-0.2, 0) is 0 Å². The van der Waals surface area contributed by atoms with Crippen LogP contribution >= 0.6 is 11.3 Å². The number of fused-ring (bicyclic) bond motifs is 1. The lowest BCUT2D eigenvalue weighted by Crippen LogP contribution is -1.88. The summed E-state index contributed by atoms with van der Waals surface area (Å²) in [7, 11) is 0. The molecule has 1 heterocycles. The van der Waals surface area contributed by atoms with Gasteiger partial charge < -0.3 is 5.11 Å². The molecule has 1 nitrogen and oxygen atoms in total. The van der Waals surface area contributed by atoms with Crippen LogP contribution < -0.4 is 0 Å². The van der Waals surface area contributed by atoms with Crippen LogP contribution in [0.5, 0.6) is 0 Å². The first kappa shape index (κ1) is 8.66. The summed E-state index contributed by atoms with van der Waals surface area (Å²) < 4.78 is 13.9. The van der Waals surface area contributed by atoms with E-state index in [2.05, 4.69) is 0 Å². The summed E-state index contributed by atoms with van der Waals surface area (Å²) in [6.45, 7) is 1.69. The SMILES string of the molecule is CC(O)c1csc2ccc(F)cc12. The highest BCUT2D eigenvalue weighted by molar-refractivity contribution is 7.17. The first-order chi connectivity index (χ1) is 6.18. The first-order valence-electron chi connectivity index (χ1n) is 4.03. The van der Waals surface area contributed by atoms with Crippen LogP contribution in [0.2, 0.25) is 0 Å². The van der Waals surface area contributed by atoms with Gasteiger partial charge in [-0.2, -0.15) is 0 Å². The quantitative estimate of drug-likeness (QED) is 0.743. The van der Waals surface area contributed by atoms with E-state index in [1.165, 1.54) is 23.5 Å². The van der Waals surface area contributed by atoms with Gasteiger partial charge in [-0.3, -0.25) is 0 Å². The van der Waals surface area contributed by atoms with Crippen LogP contribution in [0.4, 0.5) is 4.39 Å². The van der Waals surface area contributed by atoms with E-state index in [1.54, 1.807) is 13.0 Å². The maximum atomic E-state index is 12.9. The van der Waals surface area contributed by atoms with E-state index in [0.29, 0.717) is 0 Å². The monoisotopic (exact) mass is 196 g/mol. The molecule has 1 N–H and O–H groups in total. The van der Waals surface area contributed by atoms with Crippen molar-refractivity contribution in [2.24, 2.45) is 0 Å². The van der Waals surface area contributed by atoms with Crippen LogP contribution in [0, 0.1) is 5.82 Å². The third-order valence-corrected chi connectivity index (χ3v) is 3.00. The van der Waals surface area contributed by atoms with Gasteiger partial charge in [0.2, 0.25) is 0 Å². The number of hydrogen-bond donors (Lipinski definition) is 1. The van der Waals surface area contributed by atoms with Crippen molar-refractivity contribution in [2.75, 3.05) is 0 Å². The zero-order chi connectivity index (χ0) is 9.42. The molecule has 0 saturated heterocycles. The molecule has 0 fully saturated rings. The normalized spacial score (nSPS) is 13.5. The van der Waals surface area contributed by atoms with Crippen LogP contribution in [0.3, 0.4) is 0 Å². The lowest BCUT2D eigenvalue weighted by Gasteiger charge is -2.01. The van der Waals surface area contributed by atoms with E-state index in [0.717, 1.165) is 15.6 Å². The molecule has 2 rings (SSSR count). The third-order valence-electron chi connectivity index (χ3n) is 2.02. The zero-order valence-corrected chi connectivity index (χ0v) is 7.94. The molecule has 13 heavy (non-hydrogen) atoms. The molecule has 0 spiro atoms. The fourth-order valence-electron chi connectivity index (χ4n) is 1.34. The molecule has 0 bridgehead atoms. The Bertz CT molecular complexity index is 433. The minimum atomic E-state index is -0.532. The number of aliphatic hydroxyl groups is 1. The number of hydrogen-bond acceptors (Lipinski definition) is 2. The Kier molecular flexibility index (Phi) is 2.06. The Balaban J connectivity index is 2.71. The van der Waals surface area contributed by atoms with Gasteiger partial charge >= 0.3 is 0 Å². The zero-order valence-electron chi connectivity index (χ0n) is 7.12. The summed E-state index contributed by atoms with van der Waals surface area (Å²) >= 11 is 1.52. The van der Waals surface area contributed by atoms with Crippen LogP contribution in [0.1, 0.15) is 18.6 Å². The van der Waals surface area contributed by atoms with Crippen molar-refractivity contribution in [2.45, 2.75) is 13.0 Å². The van der Waals surface area contributed by atoms with E-state index in [-0.39, 0.29) is 5.82 Å². The summed E-state index contributed by atoms with van der Waals surface area (Å²) in [6, 6.07) is 4.64. The van der Waals surface area contributed by atoms with E-state index in [4.69, 9.17) is 0 Å². The number of thiophene rings is 1. The average Bonchev–Trinajstić information content (AvgIpc) is 2.46. The smallest absolute Gasteiger partial charge is 0.123 e. The summed E-state index contributed by atoms with van der Waals surface area (Å²) in [6.07, 6.45) is -0.532. The maximum absolute atomic E-state index is 12.9. The molecule has 0 radical (unpaired) electrons. The van der Waals surface area contributed by atoms with Gasteiger partial charge in [0.15, 0.2) is 0 Å². The standard InChI is InChI=1S/C10H9FOS/c1-6(12)9-5-13-10-3-2-7(11)4-8(9)10/h2-6,12H,1H3. The van der Waals surface area contributed by atoms with Gasteiger partial charge in [0.1, 0.15) is 5.82 Å². The van der Waals surface area contributed by atoms with Crippen molar-refractivity contribution in [3.05, 3.63) is 35.0 Å². The molecule has 0 aliphatic carbocycles. The van der Waals surface area contributed by atoms with E-state index >= 15 is 0 Å². The van der Waals surface area contributed by atoms with E-state index < -0.39 is 6.10 Å². The molecule has 0 aliphatic rings. The fourth-order valence-corrected chi connectivity index (χ4v) is 2.37. The molecule has 1 aromatic carbocycles. The molecular formula is C10H9FOS.